The number of rotatable bonds is 4. The van der Waals surface area contributed by atoms with E-state index < -0.39 is 0 Å². The summed E-state index contributed by atoms with van der Waals surface area (Å²) in [7, 11) is 4.07. The molecule has 0 saturated carbocycles. The van der Waals surface area contributed by atoms with Crippen molar-refractivity contribution in [3.05, 3.63) is 52.9 Å². The fourth-order valence-electron chi connectivity index (χ4n) is 2.24. The third kappa shape index (κ3) is 2.45. The van der Waals surface area contributed by atoms with Crippen molar-refractivity contribution in [3.8, 4) is 0 Å². The fourth-order valence-corrected chi connectivity index (χ4v) is 2.75. The Hall–Kier alpha value is -1.75. The Morgan fingerprint density at radius 2 is 2.15 bits per heavy atom. The van der Waals surface area contributed by atoms with Crippen LogP contribution in [0, 0.1) is 0 Å². The maximum Gasteiger partial charge on any atom is 0.132 e. The number of fused-ring (bicyclic) bond motifs is 1. The molecule has 3 aromatic rings. The highest BCUT2D eigenvalue weighted by Crippen LogP contribution is 2.24. The summed E-state index contributed by atoms with van der Waals surface area (Å²) >= 11 is 3.55. The van der Waals surface area contributed by atoms with Gasteiger partial charge in [0.2, 0.25) is 0 Å². The van der Waals surface area contributed by atoms with Gasteiger partial charge in [-0.2, -0.15) is 0 Å². The van der Waals surface area contributed by atoms with Gasteiger partial charge in [-0.15, -0.1) is 0 Å². The summed E-state index contributed by atoms with van der Waals surface area (Å²) in [6, 6.07) is 8.14. The normalized spacial score (nSPS) is 11.2. The highest BCUT2D eigenvalue weighted by molar-refractivity contribution is 9.10. The third-order valence-electron chi connectivity index (χ3n) is 3.35. The van der Waals surface area contributed by atoms with Crippen molar-refractivity contribution in [1.82, 2.24) is 9.38 Å². The minimum atomic E-state index is 0.849. The molecule has 4 nitrogen and oxygen atoms in total. The summed E-state index contributed by atoms with van der Waals surface area (Å²) in [5.41, 5.74) is 2.25. The van der Waals surface area contributed by atoms with Gasteiger partial charge in [0.1, 0.15) is 16.2 Å². The van der Waals surface area contributed by atoms with Gasteiger partial charge in [0.25, 0.3) is 0 Å². The topological polar surface area (TPSA) is 33.7 Å². The standard InChI is InChI=1S/C15H16BrN3O/c1-18(2)11-7-8-19-13(10-11)15(16)17-14(19)6-5-12-4-3-9-20-12/h3-4,7-10H,5-6H2,1-2H3. The minimum absolute atomic E-state index is 0.849. The molecule has 0 N–H and O–H groups in total. The molecule has 0 saturated heterocycles. The molecule has 0 atom stereocenters. The number of anilines is 1. The second-order valence-electron chi connectivity index (χ2n) is 4.93. The van der Waals surface area contributed by atoms with Crippen molar-refractivity contribution in [3.63, 3.8) is 0 Å². The van der Waals surface area contributed by atoms with E-state index in [0.717, 1.165) is 40.2 Å². The first kappa shape index (κ1) is 13.2. The van der Waals surface area contributed by atoms with Crippen LogP contribution in [0.4, 0.5) is 5.69 Å². The van der Waals surface area contributed by atoms with E-state index in [-0.39, 0.29) is 0 Å². The van der Waals surface area contributed by atoms with Crippen molar-refractivity contribution in [1.29, 1.82) is 0 Å². The Morgan fingerprint density at radius 1 is 1.30 bits per heavy atom. The van der Waals surface area contributed by atoms with Gasteiger partial charge in [0.15, 0.2) is 0 Å². The summed E-state index contributed by atoms with van der Waals surface area (Å²) in [6.45, 7) is 0. The van der Waals surface area contributed by atoms with Crippen molar-refractivity contribution < 1.29 is 4.42 Å². The molecule has 20 heavy (non-hydrogen) atoms. The molecular formula is C15H16BrN3O. The first-order chi connectivity index (χ1) is 9.65. The largest absolute Gasteiger partial charge is 0.469 e. The van der Waals surface area contributed by atoms with Gasteiger partial charge < -0.3 is 13.7 Å². The predicted octanol–water partition coefficient (Wildman–Crippen LogP) is 3.54. The molecule has 0 amide bonds. The lowest BCUT2D eigenvalue weighted by atomic mass is 10.2. The molecule has 104 valence electrons. The van der Waals surface area contributed by atoms with Gasteiger partial charge in [-0.25, -0.2) is 4.98 Å². The van der Waals surface area contributed by atoms with E-state index >= 15 is 0 Å². The first-order valence-corrected chi connectivity index (χ1v) is 7.30. The molecule has 0 bridgehead atoms. The van der Waals surface area contributed by atoms with Crippen LogP contribution in [0.3, 0.4) is 0 Å². The average Bonchev–Trinajstić information content (AvgIpc) is 3.05. The van der Waals surface area contributed by atoms with Crippen LogP contribution in [0.15, 0.2) is 45.7 Å². The summed E-state index contributed by atoms with van der Waals surface area (Å²) in [6.07, 6.45) is 5.48. The lowest BCUT2D eigenvalue weighted by Crippen LogP contribution is -2.09. The van der Waals surface area contributed by atoms with Crippen LogP contribution in [-0.2, 0) is 12.8 Å². The number of nitrogens with zero attached hydrogens (tertiary/aromatic N) is 3. The Morgan fingerprint density at radius 3 is 2.85 bits per heavy atom. The molecular weight excluding hydrogens is 318 g/mol. The molecule has 0 aromatic carbocycles. The maximum atomic E-state index is 5.37. The quantitative estimate of drug-likeness (QED) is 0.732. The number of imidazole rings is 1. The number of hydrogen-bond donors (Lipinski definition) is 0. The minimum Gasteiger partial charge on any atom is -0.469 e. The molecule has 0 unspecified atom stereocenters. The molecule has 3 heterocycles. The van der Waals surface area contributed by atoms with E-state index in [2.05, 4.69) is 48.5 Å². The van der Waals surface area contributed by atoms with Gasteiger partial charge in [-0.3, -0.25) is 0 Å². The summed E-state index contributed by atoms with van der Waals surface area (Å²) < 4.78 is 8.38. The molecule has 0 aliphatic rings. The third-order valence-corrected chi connectivity index (χ3v) is 3.93. The second-order valence-corrected chi connectivity index (χ2v) is 5.68. The van der Waals surface area contributed by atoms with E-state index in [1.807, 2.05) is 26.2 Å². The Kier molecular flexibility index (Phi) is 3.53. The van der Waals surface area contributed by atoms with Crippen LogP contribution in [0.5, 0.6) is 0 Å². The molecule has 0 aliphatic heterocycles. The monoisotopic (exact) mass is 333 g/mol. The number of halogens is 1. The van der Waals surface area contributed by atoms with Crippen LogP contribution in [0.25, 0.3) is 5.52 Å². The number of pyridine rings is 1. The van der Waals surface area contributed by atoms with E-state index in [4.69, 9.17) is 4.42 Å². The molecule has 0 radical (unpaired) electrons. The van der Waals surface area contributed by atoms with E-state index in [1.165, 1.54) is 0 Å². The SMILES string of the molecule is CN(C)c1ccn2c(CCc3ccco3)nc(Br)c2c1. The van der Waals surface area contributed by atoms with Crippen molar-refractivity contribution in [2.45, 2.75) is 12.8 Å². The van der Waals surface area contributed by atoms with Gasteiger partial charge in [-0.1, -0.05) is 0 Å². The first-order valence-electron chi connectivity index (χ1n) is 6.51. The summed E-state index contributed by atoms with van der Waals surface area (Å²) in [4.78, 5) is 6.69. The lowest BCUT2D eigenvalue weighted by molar-refractivity contribution is 0.506. The zero-order valence-electron chi connectivity index (χ0n) is 11.5. The van der Waals surface area contributed by atoms with Crippen molar-refractivity contribution in [2.24, 2.45) is 0 Å². The average molecular weight is 334 g/mol. The predicted molar refractivity (Wildman–Crippen MR) is 83.3 cm³/mol. The zero-order valence-corrected chi connectivity index (χ0v) is 13.1. The van der Waals surface area contributed by atoms with Crippen molar-refractivity contribution >= 4 is 27.1 Å². The molecule has 3 aromatic heterocycles. The summed E-state index contributed by atoms with van der Waals surface area (Å²) in [5.74, 6) is 2.02. The molecule has 0 spiro atoms. The summed E-state index contributed by atoms with van der Waals surface area (Å²) in [5, 5.41) is 0. The van der Waals surface area contributed by atoms with E-state index in [9.17, 15) is 0 Å². The van der Waals surface area contributed by atoms with Crippen LogP contribution in [-0.4, -0.2) is 23.5 Å². The van der Waals surface area contributed by atoms with Gasteiger partial charge in [-0.05, 0) is 40.2 Å². The molecule has 5 heteroatoms. The number of aryl methyl sites for hydroxylation is 2. The Labute approximate surface area is 126 Å². The Balaban J connectivity index is 1.92. The van der Waals surface area contributed by atoms with Gasteiger partial charge >= 0.3 is 0 Å². The van der Waals surface area contributed by atoms with Crippen LogP contribution >= 0.6 is 15.9 Å². The molecule has 0 fully saturated rings. The Bertz CT molecular complexity index is 716. The van der Waals surface area contributed by atoms with Gasteiger partial charge in [0.05, 0.1) is 11.8 Å². The number of hydrogen-bond acceptors (Lipinski definition) is 3. The van der Waals surface area contributed by atoms with E-state index in [1.54, 1.807) is 6.26 Å². The van der Waals surface area contributed by atoms with Crippen LogP contribution < -0.4 is 4.90 Å². The maximum absolute atomic E-state index is 5.37. The number of aromatic nitrogens is 2. The molecule has 0 aliphatic carbocycles. The van der Waals surface area contributed by atoms with Crippen LogP contribution in [0.2, 0.25) is 0 Å². The highest BCUT2D eigenvalue weighted by Gasteiger charge is 2.11. The number of furan rings is 1. The van der Waals surface area contributed by atoms with Gasteiger partial charge in [0, 0.05) is 38.8 Å². The molecule has 3 rings (SSSR count). The fraction of sp³-hybridized carbons (Fsp3) is 0.267. The zero-order chi connectivity index (χ0) is 14.1. The smallest absolute Gasteiger partial charge is 0.132 e. The second kappa shape index (κ2) is 5.32. The van der Waals surface area contributed by atoms with E-state index in [0.29, 0.717) is 0 Å². The lowest BCUT2D eigenvalue weighted by Gasteiger charge is -2.12. The highest BCUT2D eigenvalue weighted by atomic mass is 79.9. The van der Waals surface area contributed by atoms with Crippen LogP contribution in [0.1, 0.15) is 11.6 Å². The van der Waals surface area contributed by atoms with Crippen molar-refractivity contribution in [2.75, 3.05) is 19.0 Å².